The summed E-state index contributed by atoms with van der Waals surface area (Å²) in [5.74, 6) is 0.702. The summed E-state index contributed by atoms with van der Waals surface area (Å²) in [7, 11) is 0. The van der Waals surface area contributed by atoms with Crippen molar-refractivity contribution in [1.82, 2.24) is 5.32 Å². The molecule has 0 spiro atoms. The number of anilines is 1. The number of thiocarbonyl (C=S) groups is 1. The average Bonchev–Trinajstić information content (AvgIpc) is 2.90. The second kappa shape index (κ2) is 9.31. The van der Waals surface area contributed by atoms with Crippen LogP contribution in [0.25, 0.3) is 0 Å². The molecule has 4 rings (SSSR count). The van der Waals surface area contributed by atoms with E-state index in [4.69, 9.17) is 17.2 Å². The molecule has 1 amide bonds. The van der Waals surface area contributed by atoms with E-state index in [1.54, 1.807) is 0 Å². The Labute approximate surface area is 177 Å². The van der Waals surface area contributed by atoms with Gasteiger partial charge in [0.25, 0.3) is 0 Å². The number of fused-ring (bicyclic) bond motifs is 1. The first-order valence-electron chi connectivity index (χ1n) is 10.5. The van der Waals surface area contributed by atoms with Gasteiger partial charge in [0, 0.05) is 23.2 Å². The second-order valence-electron chi connectivity index (χ2n) is 7.89. The molecule has 0 bridgehead atoms. The van der Waals surface area contributed by atoms with E-state index in [-0.39, 0.29) is 5.91 Å². The number of nitrogens with one attached hydrogen (secondary N) is 2. The highest BCUT2D eigenvalue weighted by atomic mass is 32.1. The molecule has 2 aromatic carbocycles. The van der Waals surface area contributed by atoms with Crippen LogP contribution in [0.1, 0.15) is 56.1 Å². The number of hydrogen-bond donors (Lipinski definition) is 2. The SMILES string of the molecule is O=C(CCC1CCCCC1)NC1N=C(c2ccccc2)c2ccccc2NC1=S. The third-order valence-electron chi connectivity index (χ3n) is 5.80. The Morgan fingerprint density at radius 2 is 1.76 bits per heavy atom. The van der Waals surface area contributed by atoms with Crippen LogP contribution in [0.15, 0.2) is 59.6 Å². The van der Waals surface area contributed by atoms with Crippen LogP contribution < -0.4 is 10.6 Å². The zero-order valence-corrected chi connectivity index (χ0v) is 17.4. The largest absolute Gasteiger partial charge is 0.346 e. The first kappa shape index (κ1) is 19.8. The van der Waals surface area contributed by atoms with E-state index < -0.39 is 6.17 Å². The summed E-state index contributed by atoms with van der Waals surface area (Å²) in [4.78, 5) is 18.1. The van der Waals surface area contributed by atoms with Crippen molar-refractivity contribution in [3.05, 3.63) is 65.7 Å². The predicted molar refractivity (Wildman–Crippen MR) is 122 cm³/mol. The lowest BCUT2D eigenvalue weighted by Gasteiger charge is -2.21. The highest BCUT2D eigenvalue weighted by molar-refractivity contribution is 7.80. The zero-order chi connectivity index (χ0) is 20.1. The van der Waals surface area contributed by atoms with Gasteiger partial charge < -0.3 is 10.6 Å². The topological polar surface area (TPSA) is 53.5 Å². The number of aliphatic imine (C=N–C) groups is 1. The Hall–Kier alpha value is -2.53. The van der Waals surface area contributed by atoms with Crippen molar-refractivity contribution in [1.29, 1.82) is 0 Å². The van der Waals surface area contributed by atoms with Crippen molar-refractivity contribution in [3.8, 4) is 0 Å². The number of carbonyl (C=O) groups is 1. The number of para-hydroxylation sites is 1. The van der Waals surface area contributed by atoms with Gasteiger partial charge in [-0.15, -0.1) is 0 Å². The minimum Gasteiger partial charge on any atom is -0.346 e. The van der Waals surface area contributed by atoms with E-state index in [0.29, 0.717) is 17.3 Å². The molecule has 0 aromatic heterocycles. The molecule has 0 radical (unpaired) electrons. The molecule has 1 fully saturated rings. The number of hydrogen-bond acceptors (Lipinski definition) is 3. The maximum atomic E-state index is 12.7. The first-order chi connectivity index (χ1) is 14.2. The molecule has 1 heterocycles. The molecule has 4 nitrogen and oxygen atoms in total. The fourth-order valence-electron chi connectivity index (χ4n) is 4.22. The van der Waals surface area contributed by atoms with Crippen molar-refractivity contribution in [2.45, 2.75) is 51.1 Å². The molecule has 5 heteroatoms. The van der Waals surface area contributed by atoms with E-state index in [9.17, 15) is 4.79 Å². The monoisotopic (exact) mass is 405 g/mol. The molecular formula is C24H27N3OS. The molecule has 1 aliphatic heterocycles. The van der Waals surface area contributed by atoms with Crippen LogP contribution in [0, 0.1) is 5.92 Å². The van der Waals surface area contributed by atoms with Crippen molar-refractivity contribution >= 4 is 34.5 Å². The van der Waals surface area contributed by atoms with E-state index in [0.717, 1.165) is 28.9 Å². The molecule has 0 saturated heterocycles. The lowest BCUT2D eigenvalue weighted by molar-refractivity contribution is -0.121. The standard InChI is InChI=1S/C24H27N3OS/c28-21(16-15-17-9-3-1-4-10-17)26-23-24(29)25-20-14-8-7-13-19(20)22(27-23)18-11-5-2-6-12-18/h2,5-8,11-14,17,23H,1,3-4,9-10,15-16H2,(H,25,29)(H,26,28). The summed E-state index contributed by atoms with van der Waals surface area (Å²) < 4.78 is 0. The highest BCUT2D eigenvalue weighted by Crippen LogP contribution is 2.27. The quantitative estimate of drug-likeness (QED) is 0.682. The third-order valence-corrected chi connectivity index (χ3v) is 6.12. The van der Waals surface area contributed by atoms with E-state index in [1.165, 1.54) is 32.1 Å². The summed E-state index contributed by atoms with van der Waals surface area (Å²) in [6.07, 6.45) is 7.36. The minimum atomic E-state index is -0.563. The van der Waals surface area contributed by atoms with Gasteiger partial charge >= 0.3 is 0 Å². The summed E-state index contributed by atoms with van der Waals surface area (Å²) in [5.41, 5.74) is 3.75. The molecule has 1 unspecified atom stereocenters. The highest BCUT2D eigenvalue weighted by Gasteiger charge is 2.24. The second-order valence-corrected chi connectivity index (χ2v) is 8.33. The van der Waals surface area contributed by atoms with Crippen LogP contribution in [0.5, 0.6) is 0 Å². The maximum Gasteiger partial charge on any atom is 0.221 e. The summed E-state index contributed by atoms with van der Waals surface area (Å²) in [5, 5.41) is 6.34. The summed E-state index contributed by atoms with van der Waals surface area (Å²) in [6, 6.07) is 18.0. The van der Waals surface area contributed by atoms with Gasteiger partial charge in [0.05, 0.1) is 5.71 Å². The molecule has 1 saturated carbocycles. The summed E-state index contributed by atoms with van der Waals surface area (Å²) in [6.45, 7) is 0. The van der Waals surface area contributed by atoms with Gasteiger partial charge in [-0.25, -0.2) is 0 Å². The number of nitrogens with zero attached hydrogens (tertiary/aromatic N) is 1. The van der Waals surface area contributed by atoms with Crippen molar-refractivity contribution in [2.75, 3.05) is 5.32 Å². The van der Waals surface area contributed by atoms with Crippen molar-refractivity contribution < 1.29 is 4.79 Å². The average molecular weight is 406 g/mol. The molecule has 2 aliphatic rings. The fraction of sp³-hybridized carbons (Fsp3) is 0.375. The number of benzodiazepines with no additional fused rings is 1. The van der Waals surface area contributed by atoms with Gasteiger partial charge in [0.15, 0.2) is 6.17 Å². The predicted octanol–water partition coefficient (Wildman–Crippen LogP) is 5.08. The van der Waals surface area contributed by atoms with Crippen molar-refractivity contribution in [2.24, 2.45) is 10.9 Å². The lowest BCUT2D eigenvalue weighted by atomic mass is 9.86. The molecular weight excluding hydrogens is 378 g/mol. The van der Waals surface area contributed by atoms with Crippen LogP contribution in [-0.2, 0) is 4.79 Å². The Morgan fingerprint density at radius 3 is 2.55 bits per heavy atom. The summed E-state index contributed by atoms with van der Waals surface area (Å²) >= 11 is 5.59. The molecule has 2 aromatic rings. The number of amides is 1. The molecule has 1 atom stereocenters. The first-order valence-corrected chi connectivity index (χ1v) is 10.9. The minimum absolute atomic E-state index is 0.0202. The fourth-order valence-corrected chi connectivity index (χ4v) is 4.44. The van der Waals surface area contributed by atoms with Crippen LogP contribution in [0.4, 0.5) is 5.69 Å². The molecule has 2 N–H and O–H groups in total. The molecule has 150 valence electrons. The molecule has 1 aliphatic carbocycles. The van der Waals surface area contributed by atoms with E-state index in [2.05, 4.69) is 10.6 Å². The van der Waals surface area contributed by atoms with E-state index >= 15 is 0 Å². The van der Waals surface area contributed by atoms with Crippen LogP contribution in [0.3, 0.4) is 0 Å². The lowest BCUT2D eigenvalue weighted by Crippen LogP contribution is -2.41. The van der Waals surface area contributed by atoms with Gasteiger partial charge in [-0.3, -0.25) is 9.79 Å². The Kier molecular flexibility index (Phi) is 6.35. The van der Waals surface area contributed by atoms with Gasteiger partial charge in [-0.2, -0.15) is 0 Å². The Bertz CT molecular complexity index is 903. The van der Waals surface area contributed by atoms with Gasteiger partial charge in [-0.05, 0) is 18.4 Å². The maximum absolute atomic E-state index is 12.7. The van der Waals surface area contributed by atoms with Gasteiger partial charge in [-0.1, -0.05) is 92.9 Å². The van der Waals surface area contributed by atoms with Crippen LogP contribution in [0.2, 0.25) is 0 Å². The Balaban J connectivity index is 1.53. The number of rotatable bonds is 5. The third kappa shape index (κ3) is 4.91. The normalized spacial score (nSPS) is 19.5. The van der Waals surface area contributed by atoms with Gasteiger partial charge in [0.1, 0.15) is 4.99 Å². The Morgan fingerprint density at radius 1 is 1.03 bits per heavy atom. The smallest absolute Gasteiger partial charge is 0.221 e. The molecule has 29 heavy (non-hydrogen) atoms. The number of benzene rings is 2. The van der Waals surface area contributed by atoms with Crippen LogP contribution >= 0.6 is 12.2 Å². The number of carbonyl (C=O) groups excluding carboxylic acids is 1. The van der Waals surface area contributed by atoms with E-state index in [1.807, 2.05) is 54.6 Å². The zero-order valence-electron chi connectivity index (χ0n) is 16.6. The van der Waals surface area contributed by atoms with Crippen LogP contribution in [-0.4, -0.2) is 22.8 Å². The van der Waals surface area contributed by atoms with Gasteiger partial charge in [0.2, 0.25) is 5.91 Å². The van der Waals surface area contributed by atoms with Crippen molar-refractivity contribution in [3.63, 3.8) is 0 Å².